The molecule has 3 heteroatoms. The second-order valence-electron chi connectivity index (χ2n) is 4.33. The van der Waals surface area contributed by atoms with Crippen LogP contribution in [-0.4, -0.2) is 23.0 Å². The average molecular weight is 222 g/mol. The van der Waals surface area contributed by atoms with E-state index in [0.717, 1.165) is 18.0 Å². The van der Waals surface area contributed by atoms with Crippen LogP contribution in [-0.2, 0) is 5.41 Å². The highest BCUT2D eigenvalue weighted by atomic mass is 32.2. The first-order valence-electron chi connectivity index (χ1n) is 5.48. The molecule has 0 radical (unpaired) electrons. The summed E-state index contributed by atoms with van der Waals surface area (Å²) in [6.07, 6.45) is 4.49. The van der Waals surface area contributed by atoms with Crippen molar-refractivity contribution >= 4 is 11.8 Å². The normalized spacial score (nSPS) is 26.5. The molecule has 2 rings (SSSR count). The van der Waals surface area contributed by atoms with Crippen molar-refractivity contribution in [3.05, 3.63) is 29.6 Å². The Morgan fingerprint density at radius 1 is 1.53 bits per heavy atom. The van der Waals surface area contributed by atoms with Crippen molar-refractivity contribution in [3.8, 4) is 0 Å². The second kappa shape index (κ2) is 4.54. The molecule has 1 aromatic rings. The van der Waals surface area contributed by atoms with Gasteiger partial charge in [0.05, 0.1) is 0 Å². The van der Waals surface area contributed by atoms with Crippen LogP contribution in [0.25, 0.3) is 0 Å². The molecular formula is C12H18N2S. The monoisotopic (exact) mass is 222 g/mol. The molecule has 1 fully saturated rings. The molecule has 0 bridgehead atoms. The van der Waals surface area contributed by atoms with Gasteiger partial charge in [-0.1, -0.05) is 6.07 Å². The van der Waals surface area contributed by atoms with Crippen molar-refractivity contribution in [2.24, 2.45) is 5.73 Å². The van der Waals surface area contributed by atoms with Crippen molar-refractivity contribution in [2.45, 2.75) is 25.2 Å². The number of hydrogen-bond donors (Lipinski definition) is 1. The minimum atomic E-state index is 0.184. The molecule has 0 aromatic carbocycles. The third-order valence-corrected chi connectivity index (χ3v) is 4.57. The molecule has 82 valence electrons. The van der Waals surface area contributed by atoms with Crippen molar-refractivity contribution in [1.82, 2.24) is 4.98 Å². The number of hydrogen-bond acceptors (Lipinski definition) is 3. The van der Waals surface area contributed by atoms with Crippen molar-refractivity contribution in [1.29, 1.82) is 0 Å². The minimum Gasteiger partial charge on any atom is -0.330 e. The van der Waals surface area contributed by atoms with E-state index in [1.807, 2.05) is 24.9 Å². The van der Waals surface area contributed by atoms with Crippen molar-refractivity contribution in [3.63, 3.8) is 0 Å². The highest BCUT2D eigenvalue weighted by Gasteiger charge is 2.33. The molecule has 0 amide bonds. The molecule has 2 N–H and O–H groups in total. The summed E-state index contributed by atoms with van der Waals surface area (Å²) in [5.74, 6) is 2.43. The summed E-state index contributed by atoms with van der Waals surface area (Å²) in [6.45, 7) is 2.76. The molecule has 1 unspecified atom stereocenters. The van der Waals surface area contributed by atoms with Crippen LogP contribution in [0.3, 0.4) is 0 Å². The van der Waals surface area contributed by atoms with Crippen LogP contribution in [0.1, 0.15) is 24.1 Å². The van der Waals surface area contributed by atoms with Crippen LogP contribution in [0.5, 0.6) is 0 Å². The fourth-order valence-electron chi connectivity index (χ4n) is 2.14. The lowest BCUT2D eigenvalue weighted by Crippen LogP contribution is -2.40. The summed E-state index contributed by atoms with van der Waals surface area (Å²) in [7, 11) is 0. The van der Waals surface area contributed by atoms with Crippen molar-refractivity contribution < 1.29 is 0 Å². The Kier molecular flexibility index (Phi) is 3.32. The Morgan fingerprint density at radius 3 is 2.93 bits per heavy atom. The Balaban J connectivity index is 2.28. The van der Waals surface area contributed by atoms with E-state index in [1.54, 1.807) is 0 Å². The van der Waals surface area contributed by atoms with Gasteiger partial charge in [0.1, 0.15) is 0 Å². The van der Waals surface area contributed by atoms with Crippen LogP contribution < -0.4 is 5.73 Å². The van der Waals surface area contributed by atoms with Gasteiger partial charge in [0.15, 0.2) is 0 Å². The van der Waals surface area contributed by atoms with Gasteiger partial charge in [0.2, 0.25) is 0 Å². The fourth-order valence-corrected chi connectivity index (χ4v) is 3.45. The van der Waals surface area contributed by atoms with E-state index in [0.29, 0.717) is 0 Å². The van der Waals surface area contributed by atoms with Crippen LogP contribution in [0.15, 0.2) is 18.3 Å². The summed E-state index contributed by atoms with van der Waals surface area (Å²) in [5.41, 5.74) is 8.55. The number of nitrogens with zero attached hydrogens (tertiary/aromatic N) is 1. The number of aromatic nitrogens is 1. The fraction of sp³-hybridized carbons (Fsp3) is 0.583. The first kappa shape index (κ1) is 11.0. The summed E-state index contributed by atoms with van der Waals surface area (Å²) in [5, 5.41) is 0. The summed E-state index contributed by atoms with van der Waals surface area (Å²) >= 11 is 2.02. The third-order valence-electron chi connectivity index (χ3n) is 3.24. The van der Waals surface area contributed by atoms with Crippen LogP contribution in [0, 0.1) is 6.92 Å². The van der Waals surface area contributed by atoms with E-state index in [1.165, 1.54) is 24.2 Å². The van der Waals surface area contributed by atoms with Gasteiger partial charge in [0, 0.05) is 29.6 Å². The van der Waals surface area contributed by atoms with Gasteiger partial charge in [-0.2, -0.15) is 11.8 Å². The minimum absolute atomic E-state index is 0.184. The van der Waals surface area contributed by atoms with E-state index >= 15 is 0 Å². The molecule has 0 spiro atoms. The first-order valence-corrected chi connectivity index (χ1v) is 6.63. The lowest BCUT2D eigenvalue weighted by molar-refractivity contribution is 0.438. The van der Waals surface area contributed by atoms with Crippen LogP contribution in [0.4, 0.5) is 0 Å². The molecule has 1 aromatic heterocycles. The topological polar surface area (TPSA) is 38.9 Å². The number of thioether (sulfide) groups is 1. The van der Waals surface area contributed by atoms with Gasteiger partial charge in [-0.05, 0) is 37.1 Å². The second-order valence-corrected chi connectivity index (χ2v) is 5.43. The Bertz CT molecular complexity index is 315. The number of rotatable bonds is 2. The zero-order valence-electron chi connectivity index (χ0n) is 9.20. The van der Waals surface area contributed by atoms with Crippen molar-refractivity contribution in [2.75, 3.05) is 18.1 Å². The molecule has 1 saturated heterocycles. The summed E-state index contributed by atoms with van der Waals surface area (Å²) in [6, 6.07) is 4.28. The number of nitrogens with two attached hydrogens (primary N) is 1. The smallest absolute Gasteiger partial charge is 0.0372 e. The van der Waals surface area contributed by atoms with E-state index in [-0.39, 0.29) is 5.41 Å². The molecule has 1 aliphatic rings. The molecule has 1 aliphatic heterocycles. The van der Waals surface area contributed by atoms with Crippen LogP contribution >= 0.6 is 11.8 Å². The molecule has 0 saturated carbocycles. The lowest BCUT2D eigenvalue weighted by atomic mass is 9.79. The van der Waals surface area contributed by atoms with Gasteiger partial charge >= 0.3 is 0 Å². The highest BCUT2D eigenvalue weighted by Crippen LogP contribution is 2.36. The largest absolute Gasteiger partial charge is 0.330 e. The maximum Gasteiger partial charge on any atom is 0.0372 e. The SMILES string of the molecule is Cc1ccc(C2(CN)CCCSC2)cn1. The van der Waals surface area contributed by atoms with Gasteiger partial charge in [-0.15, -0.1) is 0 Å². The molecule has 1 atom stereocenters. The zero-order valence-corrected chi connectivity index (χ0v) is 10.0. The zero-order chi connectivity index (χ0) is 10.7. The van der Waals surface area contributed by atoms with Crippen LogP contribution in [0.2, 0.25) is 0 Å². The molecule has 2 heterocycles. The van der Waals surface area contributed by atoms with E-state index in [9.17, 15) is 0 Å². The van der Waals surface area contributed by atoms with Gasteiger partial charge in [-0.3, -0.25) is 4.98 Å². The van der Waals surface area contributed by atoms with E-state index in [2.05, 4.69) is 17.1 Å². The average Bonchev–Trinajstić information content (AvgIpc) is 2.31. The first-order chi connectivity index (χ1) is 7.27. The standard InChI is InChI=1S/C12H18N2S/c1-10-3-4-11(7-14-10)12(8-13)5-2-6-15-9-12/h3-4,7H,2,5-6,8-9,13H2,1H3. The predicted molar refractivity (Wildman–Crippen MR) is 66.3 cm³/mol. The molecule has 2 nitrogen and oxygen atoms in total. The summed E-state index contributed by atoms with van der Waals surface area (Å²) < 4.78 is 0. The van der Waals surface area contributed by atoms with Gasteiger partial charge < -0.3 is 5.73 Å². The lowest BCUT2D eigenvalue weighted by Gasteiger charge is -2.36. The third kappa shape index (κ3) is 2.18. The molecule has 15 heavy (non-hydrogen) atoms. The Hall–Kier alpha value is -0.540. The predicted octanol–water partition coefficient (Wildman–Crippen LogP) is 2.11. The van der Waals surface area contributed by atoms with Gasteiger partial charge in [-0.25, -0.2) is 0 Å². The Morgan fingerprint density at radius 2 is 2.40 bits per heavy atom. The molecule has 0 aliphatic carbocycles. The van der Waals surface area contributed by atoms with Gasteiger partial charge in [0.25, 0.3) is 0 Å². The van der Waals surface area contributed by atoms with E-state index in [4.69, 9.17) is 5.73 Å². The number of pyridine rings is 1. The maximum atomic E-state index is 5.97. The molecular weight excluding hydrogens is 204 g/mol. The Labute approximate surface area is 95.7 Å². The maximum absolute atomic E-state index is 5.97. The summed E-state index contributed by atoms with van der Waals surface area (Å²) in [4.78, 5) is 4.38. The quantitative estimate of drug-likeness (QED) is 0.833. The van der Waals surface area contributed by atoms with E-state index < -0.39 is 0 Å². The number of aryl methyl sites for hydroxylation is 1. The highest BCUT2D eigenvalue weighted by molar-refractivity contribution is 7.99.